The van der Waals surface area contributed by atoms with Crippen LogP contribution in [-0.4, -0.2) is 51.1 Å². The molecular weight excluding hydrogens is 386 g/mol. The van der Waals surface area contributed by atoms with Gasteiger partial charge in [-0.25, -0.2) is 0 Å². The minimum absolute atomic E-state index is 0.137. The molecule has 7 heteroatoms. The lowest BCUT2D eigenvalue weighted by Crippen LogP contribution is -2.52. The minimum Gasteiger partial charge on any atom is -0.493 e. The number of methoxy groups -OCH3 is 3. The van der Waals surface area contributed by atoms with Crippen molar-refractivity contribution in [3.8, 4) is 11.5 Å². The number of rotatable bonds is 8. The van der Waals surface area contributed by atoms with Gasteiger partial charge in [-0.15, -0.1) is 0 Å². The van der Waals surface area contributed by atoms with E-state index in [-0.39, 0.29) is 12.2 Å². The van der Waals surface area contributed by atoms with Crippen LogP contribution < -0.4 is 9.47 Å². The molecule has 0 saturated heterocycles. The van der Waals surface area contributed by atoms with E-state index in [0.29, 0.717) is 36.6 Å². The fraction of sp³-hybridized carbons (Fsp3) is 0.565. The summed E-state index contributed by atoms with van der Waals surface area (Å²) >= 11 is 0. The Balaban J connectivity index is 2.21. The highest BCUT2D eigenvalue weighted by Crippen LogP contribution is 2.40. The van der Waals surface area contributed by atoms with Crippen molar-refractivity contribution in [2.45, 2.75) is 40.0 Å². The number of hydrogen-bond donors (Lipinski definition) is 0. The molecule has 1 aliphatic rings. The van der Waals surface area contributed by atoms with Crippen molar-refractivity contribution < 1.29 is 28.6 Å². The van der Waals surface area contributed by atoms with E-state index in [1.54, 1.807) is 28.1 Å². The Bertz CT molecular complexity index is 842. The first-order chi connectivity index (χ1) is 14.2. The van der Waals surface area contributed by atoms with Gasteiger partial charge >= 0.3 is 5.97 Å². The van der Waals surface area contributed by atoms with Crippen LogP contribution in [0.3, 0.4) is 0 Å². The fourth-order valence-corrected chi connectivity index (χ4v) is 4.04. The van der Waals surface area contributed by atoms with E-state index < -0.39 is 29.0 Å². The number of esters is 1. The lowest BCUT2D eigenvalue weighted by Gasteiger charge is -2.38. The summed E-state index contributed by atoms with van der Waals surface area (Å²) in [6.45, 7) is 5.78. The maximum Gasteiger partial charge on any atom is 0.316 e. The number of carbonyl (C=O) groups is 3. The molecule has 7 nitrogen and oxygen atoms in total. The largest absolute Gasteiger partial charge is 0.493 e. The van der Waals surface area contributed by atoms with Gasteiger partial charge in [-0.05, 0) is 36.0 Å². The molecule has 164 valence electrons. The molecule has 1 saturated carbocycles. The van der Waals surface area contributed by atoms with Gasteiger partial charge in [0.15, 0.2) is 17.3 Å². The van der Waals surface area contributed by atoms with E-state index >= 15 is 0 Å². The molecule has 1 unspecified atom stereocenters. The summed E-state index contributed by atoms with van der Waals surface area (Å²) in [5, 5.41) is 0. The van der Waals surface area contributed by atoms with Gasteiger partial charge in [-0.1, -0.05) is 26.8 Å². The molecule has 1 aromatic carbocycles. The van der Waals surface area contributed by atoms with Crippen LogP contribution in [0.5, 0.6) is 11.5 Å². The lowest BCUT2D eigenvalue weighted by molar-refractivity contribution is -0.159. The maximum atomic E-state index is 13.1. The fourth-order valence-electron chi connectivity index (χ4n) is 4.04. The molecule has 0 N–H and O–H groups in total. The standard InChI is InChI=1S/C23H31NO6/c1-7-15(24-11-10-14-8-9-17(28-4)18(12-14)29-5)19-16(25)13-23(2,3)20(21(19)26)22(27)30-6/h8-9,12,19-20H,7,10-11,13H2,1-6H3/t19?,20-/m0/s1. The van der Waals surface area contributed by atoms with E-state index in [1.807, 2.05) is 25.1 Å². The molecule has 1 aromatic rings. The number of ketones is 2. The van der Waals surface area contributed by atoms with Crippen molar-refractivity contribution in [3.05, 3.63) is 23.8 Å². The van der Waals surface area contributed by atoms with E-state index in [9.17, 15) is 14.4 Å². The van der Waals surface area contributed by atoms with Crippen molar-refractivity contribution in [1.82, 2.24) is 0 Å². The van der Waals surface area contributed by atoms with E-state index in [2.05, 4.69) is 4.99 Å². The van der Waals surface area contributed by atoms with E-state index in [1.165, 1.54) is 7.11 Å². The molecule has 2 rings (SSSR count). The number of benzene rings is 1. The van der Waals surface area contributed by atoms with Gasteiger partial charge in [0.25, 0.3) is 0 Å². The SMILES string of the molecule is CCC(=NCCc1ccc(OC)c(OC)c1)C1C(=O)CC(C)(C)[C@H](C(=O)OC)C1=O. The molecule has 0 radical (unpaired) electrons. The predicted octanol–water partition coefficient (Wildman–Crippen LogP) is 3.07. The molecular formula is C23H31NO6. The van der Waals surface area contributed by atoms with Crippen molar-refractivity contribution in [3.63, 3.8) is 0 Å². The summed E-state index contributed by atoms with van der Waals surface area (Å²) in [7, 11) is 4.42. The van der Waals surface area contributed by atoms with Crippen molar-refractivity contribution in [2.75, 3.05) is 27.9 Å². The van der Waals surface area contributed by atoms with Gasteiger partial charge in [0.1, 0.15) is 17.6 Å². The molecule has 0 amide bonds. The molecule has 0 heterocycles. The topological polar surface area (TPSA) is 91.3 Å². The quantitative estimate of drug-likeness (QED) is 0.367. The number of aliphatic imine (C=N–C) groups is 1. The molecule has 1 aliphatic carbocycles. The third kappa shape index (κ3) is 4.89. The third-order valence-electron chi connectivity index (χ3n) is 5.60. The van der Waals surface area contributed by atoms with Gasteiger partial charge in [0.05, 0.1) is 21.3 Å². The zero-order valence-electron chi connectivity index (χ0n) is 18.6. The molecule has 1 fully saturated rings. The second-order valence-corrected chi connectivity index (χ2v) is 8.09. The first-order valence-corrected chi connectivity index (χ1v) is 10.1. The second-order valence-electron chi connectivity index (χ2n) is 8.09. The van der Waals surface area contributed by atoms with Crippen LogP contribution >= 0.6 is 0 Å². The Morgan fingerprint density at radius 2 is 1.80 bits per heavy atom. The molecule has 0 spiro atoms. The smallest absolute Gasteiger partial charge is 0.316 e. The monoisotopic (exact) mass is 417 g/mol. The highest BCUT2D eigenvalue weighted by molar-refractivity contribution is 6.26. The van der Waals surface area contributed by atoms with Gasteiger partial charge in [0.2, 0.25) is 0 Å². The molecule has 2 atom stereocenters. The normalized spacial score (nSPS) is 21.3. The number of nitrogens with zero attached hydrogens (tertiary/aromatic N) is 1. The van der Waals surface area contributed by atoms with Crippen LogP contribution in [0.15, 0.2) is 23.2 Å². The van der Waals surface area contributed by atoms with Crippen molar-refractivity contribution in [1.29, 1.82) is 0 Å². The number of carbonyl (C=O) groups excluding carboxylic acids is 3. The third-order valence-corrected chi connectivity index (χ3v) is 5.60. The van der Waals surface area contributed by atoms with Crippen LogP contribution in [0.2, 0.25) is 0 Å². The Kier molecular flexibility index (Phi) is 7.76. The second kappa shape index (κ2) is 9.87. The Morgan fingerprint density at radius 1 is 1.13 bits per heavy atom. The van der Waals surface area contributed by atoms with Gasteiger partial charge < -0.3 is 14.2 Å². The predicted molar refractivity (Wildman–Crippen MR) is 113 cm³/mol. The molecule has 0 bridgehead atoms. The highest BCUT2D eigenvalue weighted by atomic mass is 16.5. The average Bonchev–Trinajstić information content (AvgIpc) is 2.71. The van der Waals surface area contributed by atoms with Crippen LogP contribution in [0.25, 0.3) is 0 Å². The summed E-state index contributed by atoms with van der Waals surface area (Å²) in [5.74, 6) is -1.84. The van der Waals surface area contributed by atoms with Crippen molar-refractivity contribution >= 4 is 23.2 Å². The number of hydrogen-bond acceptors (Lipinski definition) is 7. The van der Waals surface area contributed by atoms with E-state index in [0.717, 1.165) is 5.56 Å². The molecule has 0 aromatic heterocycles. The first-order valence-electron chi connectivity index (χ1n) is 10.1. The molecule has 0 aliphatic heterocycles. The van der Waals surface area contributed by atoms with Gasteiger partial charge in [0, 0.05) is 18.7 Å². The summed E-state index contributed by atoms with van der Waals surface area (Å²) in [4.78, 5) is 42.7. The Labute approximate surface area is 177 Å². The minimum atomic E-state index is -0.975. The average molecular weight is 418 g/mol. The van der Waals surface area contributed by atoms with Gasteiger partial charge in [-0.2, -0.15) is 0 Å². The number of ether oxygens (including phenoxy) is 3. The zero-order valence-corrected chi connectivity index (χ0v) is 18.6. The molecule has 30 heavy (non-hydrogen) atoms. The first kappa shape index (κ1) is 23.6. The Morgan fingerprint density at radius 3 is 2.37 bits per heavy atom. The van der Waals surface area contributed by atoms with Crippen molar-refractivity contribution in [2.24, 2.45) is 22.2 Å². The van der Waals surface area contributed by atoms with Crippen LogP contribution in [0, 0.1) is 17.3 Å². The van der Waals surface area contributed by atoms with Gasteiger partial charge in [-0.3, -0.25) is 19.4 Å². The summed E-state index contributed by atoms with van der Waals surface area (Å²) in [5.41, 5.74) is 0.757. The maximum absolute atomic E-state index is 13.1. The summed E-state index contributed by atoms with van der Waals surface area (Å²) in [6.07, 6.45) is 1.21. The van der Waals surface area contributed by atoms with Crippen LogP contribution in [0.4, 0.5) is 0 Å². The summed E-state index contributed by atoms with van der Waals surface area (Å²) < 4.78 is 15.4. The highest BCUT2D eigenvalue weighted by Gasteiger charge is 2.52. The zero-order chi connectivity index (χ0) is 22.5. The Hall–Kier alpha value is -2.70. The van der Waals surface area contributed by atoms with Crippen LogP contribution in [0.1, 0.15) is 39.2 Å². The lowest BCUT2D eigenvalue weighted by atomic mass is 9.63. The van der Waals surface area contributed by atoms with E-state index in [4.69, 9.17) is 14.2 Å². The number of Topliss-reactive ketones (excluding diaryl/α,β-unsaturated/α-hetero) is 2. The summed E-state index contributed by atoms with van der Waals surface area (Å²) in [6, 6.07) is 5.64. The van der Waals surface area contributed by atoms with Crippen LogP contribution in [-0.2, 0) is 25.5 Å².